The lowest BCUT2D eigenvalue weighted by molar-refractivity contribution is -0.136. The number of aldehydes is 2. The minimum absolute atomic E-state index is 0.0650. The molecule has 0 aliphatic heterocycles. The molecule has 0 bridgehead atoms. The molecular formula is C13H31NO19P2. The molecule has 0 aromatic carbocycles. The number of carbonyl (C=O) groups is 2. The SMILES string of the molecule is CON.O=C[C@H](O)[C@@H](O)[C@H](O)[C@H](O)COP(=O)(O)O.O=C[C@H](O)[C@@H](O)[C@H](O)[C@H](O)COP(=O)(O)O. The van der Waals surface area contributed by atoms with Gasteiger partial charge in [-0.25, -0.2) is 15.0 Å². The van der Waals surface area contributed by atoms with E-state index in [-0.39, 0.29) is 12.6 Å². The number of phosphoric acid groups is 2. The largest absolute Gasteiger partial charge is 0.469 e. The van der Waals surface area contributed by atoms with Crippen LogP contribution in [0.3, 0.4) is 0 Å². The second-order valence-corrected chi connectivity index (χ2v) is 8.64. The van der Waals surface area contributed by atoms with Crippen LogP contribution in [0, 0.1) is 0 Å². The lowest BCUT2D eigenvalue weighted by Crippen LogP contribution is -2.46. The van der Waals surface area contributed by atoms with Crippen molar-refractivity contribution in [1.82, 2.24) is 0 Å². The lowest BCUT2D eigenvalue weighted by Gasteiger charge is -2.23. The van der Waals surface area contributed by atoms with E-state index in [1.54, 1.807) is 0 Å². The summed E-state index contributed by atoms with van der Waals surface area (Å²) in [7, 11) is -8.21. The Kier molecular flexibility index (Phi) is 21.3. The van der Waals surface area contributed by atoms with Crippen molar-refractivity contribution >= 4 is 28.2 Å². The molecule has 0 amide bonds. The molecule has 212 valence electrons. The highest BCUT2D eigenvalue weighted by Gasteiger charge is 2.32. The highest BCUT2D eigenvalue weighted by atomic mass is 31.2. The molecule has 0 aliphatic rings. The van der Waals surface area contributed by atoms with Gasteiger partial charge in [0.05, 0.1) is 20.3 Å². The van der Waals surface area contributed by atoms with E-state index < -0.39 is 77.7 Å². The fourth-order valence-corrected chi connectivity index (χ4v) is 2.26. The maximum Gasteiger partial charge on any atom is 0.469 e. The molecule has 0 unspecified atom stereocenters. The van der Waals surface area contributed by atoms with Gasteiger partial charge in [-0.3, -0.25) is 9.05 Å². The van der Waals surface area contributed by atoms with Crippen LogP contribution in [0.5, 0.6) is 0 Å². The Morgan fingerprint density at radius 3 is 1.06 bits per heavy atom. The van der Waals surface area contributed by atoms with Crippen LogP contribution in [0.25, 0.3) is 0 Å². The van der Waals surface area contributed by atoms with Crippen molar-refractivity contribution in [2.24, 2.45) is 5.90 Å². The predicted molar refractivity (Wildman–Crippen MR) is 107 cm³/mol. The molecule has 0 radical (unpaired) electrons. The van der Waals surface area contributed by atoms with Gasteiger partial charge in [0.2, 0.25) is 0 Å². The van der Waals surface area contributed by atoms with Gasteiger partial charge in [0.15, 0.2) is 12.6 Å². The quantitative estimate of drug-likeness (QED) is 0.0526. The van der Waals surface area contributed by atoms with E-state index in [4.69, 9.17) is 60.4 Å². The molecule has 0 aliphatic carbocycles. The highest BCUT2D eigenvalue weighted by Crippen LogP contribution is 2.36. The van der Waals surface area contributed by atoms with Crippen LogP contribution in [-0.4, -0.2) is 142 Å². The molecule has 14 N–H and O–H groups in total. The van der Waals surface area contributed by atoms with Gasteiger partial charge in [-0.1, -0.05) is 0 Å². The van der Waals surface area contributed by atoms with E-state index in [1.165, 1.54) is 7.11 Å². The Morgan fingerprint density at radius 1 is 0.657 bits per heavy atom. The topological polar surface area (TPSA) is 365 Å². The van der Waals surface area contributed by atoms with Crippen LogP contribution in [0.4, 0.5) is 0 Å². The summed E-state index contributed by atoms with van der Waals surface area (Å²) in [6.07, 6.45) is -15.6. The van der Waals surface area contributed by atoms with Crippen molar-refractivity contribution in [2.45, 2.75) is 48.8 Å². The third-order valence-corrected chi connectivity index (χ3v) is 4.26. The Hall–Kier alpha value is -0.840. The molecule has 22 heteroatoms. The Morgan fingerprint density at radius 2 is 0.886 bits per heavy atom. The molecule has 0 saturated carbocycles. The van der Waals surface area contributed by atoms with Gasteiger partial charge in [-0.2, -0.15) is 0 Å². The summed E-state index contributed by atoms with van der Waals surface area (Å²) in [4.78, 5) is 56.9. The van der Waals surface area contributed by atoms with Crippen molar-refractivity contribution in [3.05, 3.63) is 0 Å². The predicted octanol–water partition coefficient (Wildman–Crippen LogP) is -7.02. The number of phosphoric ester groups is 2. The molecule has 0 saturated heterocycles. The average Bonchev–Trinajstić information content (AvgIpc) is 2.77. The second kappa shape index (κ2) is 19.3. The first-order chi connectivity index (χ1) is 15.8. The molecule has 8 atom stereocenters. The minimum Gasteiger partial charge on any atom is -0.388 e. The summed E-state index contributed by atoms with van der Waals surface area (Å²) in [6, 6.07) is 0. The molecule has 0 rings (SSSR count). The van der Waals surface area contributed by atoms with Gasteiger partial charge >= 0.3 is 15.6 Å². The Bertz CT molecular complexity index is 603. The van der Waals surface area contributed by atoms with Gasteiger partial charge in [0, 0.05) is 0 Å². The zero-order valence-electron chi connectivity index (χ0n) is 17.9. The van der Waals surface area contributed by atoms with Crippen LogP contribution >= 0.6 is 15.6 Å². The number of carbonyl (C=O) groups excluding carboxylic acids is 2. The summed E-state index contributed by atoms with van der Waals surface area (Å²) in [6.45, 7) is -1.93. The fraction of sp³-hybridized carbons (Fsp3) is 0.846. The van der Waals surface area contributed by atoms with Gasteiger partial charge < -0.3 is 74.9 Å². The van der Waals surface area contributed by atoms with Crippen LogP contribution in [0.1, 0.15) is 0 Å². The first-order valence-electron chi connectivity index (χ1n) is 8.77. The Balaban J connectivity index is -0.000000525. The van der Waals surface area contributed by atoms with E-state index in [0.29, 0.717) is 0 Å². The zero-order chi connectivity index (χ0) is 28.6. The number of aliphatic hydroxyl groups is 8. The van der Waals surface area contributed by atoms with E-state index in [0.717, 1.165) is 0 Å². The molecule has 20 nitrogen and oxygen atoms in total. The van der Waals surface area contributed by atoms with E-state index in [9.17, 15) is 18.7 Å². The molecule has 35 heavy (non-hydrogen) atoms. The summed E-state index contributed by atoms with van der Waals surface area (Å²) in [5.74, 6) is 4.35. The fourth-order valence-electron chi connectivity index (χ4n) is 1.56. The van der Waals surface area contributed by atoms with Crippen molar-refractivity contribution in [3.8, 4) is 0 Å². The molecule has 0 aromatic rings. The molecular weight excluding hydrogens is 536 g/mol. The van der Waals surface area contributed by atoms with Crippen LogP contribution in [0.15, 0.2) is 0 Å². The number of rotatable bonds is 14. The summed E-state index contributed by atoms with van der Waals surface area (Å²) < 4.78 is 28.2. The number of nitrogens with two attached hydrogens (primary N) is 1. The number of aliphatic hydroxyl groups excluding tert-OH is 8. The summed E-state index contributed by atoms with van der Waals surface area (Å²) >= 11 is 0. The highest BCUT2D eigenvalue weighted by molar-refractivity contribution is 7.46. The standard InChI is InChI=1S/2C6H13O9P.CH5NO/c2*7-1-3(8)5(10)6(11)4(9)2-15-16(12,13)14;1-3-2/h2*1,3-6,8-11H,2H2,(H2,12,13,14);2H2,1H3/t2*3-,4+,5+,6+;/m00./s1. The van der Waals surface area contributed by atoms with E-state index >= 15 is 0 Å². The van der Waals surface area contributed by atoms with Crippen LogP contribution < -0.4 is 5.90 Å². The van der Waals surface area contributed by atoms with Gasteiger partial charge in [-0.05, 0) is 0 Å². The first-order valence-corrected chi connectivity index (χ1v) is 11.8. The number of hydrogen-bond donors (Lipinski definition) is 13. The Labute approximate surface area is 197 Å². The van der Waals surface area contributed by atoms with Crippen molar-refractivity contribution in [2.75, 3.05) is 20.3 Å². The van der Waals surface area contributed by atoms with Crippen LogP contribution in [-0.2, 0) is 32.6 Å². The molecule has 0 spiro atoms. The monoisotopic (exact) mass is 567 g/mol. The minimum atomic E-state index is -4.80. The average molecular weight is 567 g/mol. The molecule has 0 heterocycles. The maximum atomic E-state index is 10.2. The van der Waals surface area contributed by atoms with E-state index in [2.05, 4.69) is 19.8 Å². The summed E-state index contributed by atoms with van der Waals surface area (Å²) in [5.41, 5.74) is 0. The van der Waals surface area contributed by atoms with Gasteiger partial charge in [-0.15, -0.1) is 0 Å². The lowest BCUT2D eigenvalue weighted by atomic mass is 10.0. The molecule has 0 aromatic heterocycles. The smallest absolute Gasteiger partial charge is 0.388 e. The van der Waals surface area contributed by atoms with Gasteiger partial charge in [0.1, 0.15) is 48.8 Å². The van der Waals surface area contributed by atoms with Crippen LogP contribution in [0.2, 0.25) is 0 Å². The van der Waals surface area contributed by atoms with E-state index in [1.807, 2.05) is 0 Å². The number of hydrogen-bond acceptors (Lipinski definition) is 16. The van der Waals surface area contributed by atoms with Crippen molar-refractivity contribution < 1.29 is 93.0 Å². The maximum absolute atomic E-state index is 10.2. The molecule has 0 fully saturated rings. The second-order valence-electron chi connectivity index (χ2n) is 6.16. The zero-order valence-corrected chi connectivity index (χ0v) is 19.7. The van der Waals surface area contributed by atoms with Crippen molar-refractivity contribution in [1.29, 1.82) is 0 Å². The van der Waals surface area contributed by atoms with Gasteiger partial charge in [0.25, 0.3) is 0 Å². The first kappa shape index (κ1) is 38.7. The summed E-state index contributed by atoms with van der Waals surface area (Å²) in [5, 5.41) is 72.1. The normalized spacial score (nSPS) is 18.7. The third-order valence-electron chi connectivity index (χ3n) is 3.29. The third kappa shape index (κ3) is 21.0. The van der Waals surface area contributed by atoms with Crippen molar-refractivity contribution in [3.63, 3.8) is 0 Å².